The van der Waals surface area contributed by atoms with Crippen molar-refractivity contribution in [1.82, 2.24) is 10.2 Å². The van der Waals surface area contributed by atoms with Crippen LogP contribution < -0.4 is 10.2 Å². The van der Waals surface area contributed by atoms with Gasteiger partial charge in [0.25, 0.3) is 0 Å². The van der Waals surface area contributed by atoms with Gasteiger partial charge in [0.05, 0.1) is 0 Å². The minimum Gasteiger partial charge on any atom is -0.480 e. The first-order valence-corrected chi connectivity index (χ1v) is 12.4. The molecule has 0 saturated carbocycles. The van der Waals surface area contributed by atoms with Gasteiger partial charge < -0.3 is 25.0 Å². The van der Waals surface area contributed by atoms with E-state index in [-0.39, 0.29) is 25.3 Å². The monoisotopic (exact) mass is 521 g/mol. The van der Waals surface area contributed by atoms with Crippen molar-refractivity contribution in [2.75, 3.05) is 11.4 Å². The molecule has 2 unspecified atom stereocenters. The number of rotatable bonds is 4. The third-order valence-corrected chi connectivity index (χ3v) is 7.19. The maximum Gasteiger partial charge on any atom is 0.408 e. The molecule has 2 aliphatic rings. The summed E-state index contributed by atoms with van der Waals surface area (Å²) in [6.07, 6.45) is -0.526. The van der Waals surface area contributed by atoms with Gasteiger partial charge in [-0.3, -0.25) is 9.59 Å². The number of aliphatic carboxylic acids is 1. The molecule has 36 heavy (non-hydrogen) atoms. The molecule has 2 fully saturated rings. The molecule has 1 aromatic rings. The van der Waals surface area contributed by atoms with Crippen LogP contribution in [0.4, 0.5) is 10.5 Å². The molecule has 1 aromatic carbocycles. The molecular formula is C26H36ClN3O6. The van der Waals surface area contributed by atoms with E-state index in [1.165, 1.54) is 4.90 Å². The van der Waals surface area contributed by atoms with Crippen LogP contribution in [0.3, 0.4) is 0 Å². The summed E-state index contributed by atoms with van der Waals surface area (Å²) in [5.41, 5.74) is -1.62. The summed E-state index contributed by atoms with van der Waals surface area (Å²) in [4.78, 5) is 54.8. The number of nitrogens with one attached hydrogen (secondary N) is 1. The van der Waals surface area contributed by atoms with Gasteiger partial charge in [0.1, 0.15) is 17.7 Å². The molecule has 198 valence electrons. The predicted octanol–water partition coefficient (Wildman–Crippen LogP) is 4.08. The van der Waals surface area contributed by atoms with Crippen LogP contribution in [-0.4, -0.2) is 64.2 Å². The predicted molar refractivity (Wildman–Crippen MR) is 136 cm³/mol. The van der Waals surface area contributed by atoms with Gasteiger partial charge in [-0.1, -0.05) is 38.4 Å². The first kappa shape index (κ1) is 27.8. The van der Waals surface area contributed by atoms with E-state index in [4.69, 9.17) is 16.3 Å². The van der Waals surface area contributed by atoms with Crippen molar-refractivity contribution in [3.63, 3.8) is 0 Å². The Morgan fingerprint density at radius 2 is 1.83 bits per heavy atom. The van der Waals surface area contributed by atoms with Crippen molar-refractivity contribution in [2.45, 2.75) is 85.0 Å². The van der Waals surface area contributed by atoms with E-state index in [1.807, 2.05) is 0 Å². The van der Waals surface area contributed by atoms with Crippen molar-refractivity contribution in [2.24, 2.45) is 10.8 Å². The van der Waals surface area contributed by atoms with Crippen molar-refractivity contribution >= 4 is 41.2 Å². The van der Waals surface area contributed by atoms with Crippen molar-refractivity contribution < 1.29 is 29.0 Å². The fraction of sp³-hybridized carbons (Fsp3) is 0.615. The van der Waals surface area contributed by atoms with E-state index >= 15 is 0 Å². The minimum atomic E-state index is -1.15. The average Bonchev–Trinajstić information content (AvgIpc) is 3.20. The van der Waals surface area contributed by atoms with Gasteiger partial charge in [-0.25, -0.2) is 9.59 Å². The van der Waals surface area contributed by atoms with Crippen LogP contribution in [0.25, 0.3) is 0 Å². The lowest BCUT2D eigenvalue weighted by Gasteiger charge is -2.38. The Bertz CT molecular complexity index is 1060. The number of alkyl carbamates (subject to hydrolysis) is 1. The molecule has 3 amide bonds. The molecule has 2 saturated heterocycles. The molecule has 2 aliphatic heterocycles. The molecule has 4 atom stereocenters. The number of carboxylic acids is 1. The minimum absolute atomic E-state index is 0.105. The maximum atomic E-state index is 13.9. The molecule has 0 aliphatic carbocycles. The molecular weight excluding hydrogens is 486 g/mol. The molecule has 0 radical (unpaired) electrons. The van der Waals surface area contributed by atoms with Crippen LogP contribution in [0.15, 0.2) is 24.3 Å². The summed E-state index contributed by atoms with van der Waals surface area (Å²) in [6.45, 7) is 12.6. The highest BCUT2D eigenvalue weighted by atomic mass is 35.5. The van der Waals surface area contributed by atoms with Gasteiger partial charge in [0, 0.05) is 35.1 Å². The summed E-state index contributed by atoms with van der Waals surface area (Å²) in [6, 6.07) is 4.20. The van der Waals surface area contributed by atoms with Gasteiger partial charge in [-0.05, 0) is 57.7 Å². The quantitative estimate of drug-likeness (QED) is 0.616. The van der Waals surface area contributed by atoms with Gasteiger partial charge in [0.15, 0.2) is 0 Å². The van der Waals surface area contributed by atoms with Crippen LogP contribution >= 0.6 is 11.6 Å². The number of anilines is 1. The Morgan fingerprint density at radius 1 is 1.19 bits per heavy atom. The third-order valence-electron chi connectivity index (χ3n) is 6.95. The Morgan fingerprint density at radius 3 is 2.36 bits per heavy atom. The Hall–Kier alpha value is -2.81. The van der Waals surface area contributed by atoms with E-state index in [9.17, 15) is 24.3 Å². The largest absolute Gasteiger partial charge is 0.480 e. The molecule has 0 bridgehead atoms. The van der Waals surface area contributed by atoms with Crippen LogP contribution in [0.1, 0.15) is 61.3 Å². The second-order valence-electron chi connectivity index (χ2n) is 11.9. The van der Waals surface area contributed by atoms with Crippen molar-refractivity contribution in [3.05, 3.63) is 29.3 Å². The molecule has 2 heterocycles. The Labute approximate surface area is 217 Å². The lowest BCUT2D eigenvalue weighted by atomic mass is 9.79. The Kier molecular flexibility index (Phi) is 7.39. The number of hydrogen-bond acceptors (Lipinski definition) is 5. The fourth-order valence-corrected chi connectivity index (χ4v) is 5.33. The number of nitrogens with zero attached hydrogens (tertiary/aromatic N) is 2. The van der Waals surface area contributed by atoms with Crippen molar-refractivity contribution in [3.8, 4) is 0 Å². The normalized spacial score (nSPS) is 25.3. The van der Waals surface area contributed by atoms with E-state index in [0.717, 1.165) is 0 Å². The van der Waals surface area contributed by atoms with Crippen LogP contribution in [0.5, 0.6) is 0 Å². The third kappa shape index (κ3) is 5.61. The zero-order chi connectivity index (χ0) is 27.2. The maximum absolute atomic E-state index is 13.9. The molecule has 0 aromatic heterocycles. The number of halogens is 1. The number of carbonyl (C=O) groups is 4. The lowest BCUT2D eigenvalue weighted by molar-refractivity contribution is -0.151. The van der Waals surface area contributed by atoms with E-state index < -0.39 is 52.5 Å². The number of hydrogen-bond donors (Lipinski definition) is 2. The molecule has 3 rings (SSSR count). The second-order valence-corrected chi connectivity index (χ2v) is 12.4. The number of carboxylic acid groups (broad SMARTS) is 1. The zero-order valence-electron chi connectivity index (χ0n) is 21.9. The summed E-state index contributed by atoms with van der Waals surface area (Å²) in [5.74, 6) is -1.81. The average molecular weight is 522 g/mol. The van der Waals surface area contributed by atoms with Gasteiger partial charge in [-0.2, -0.15) is 0 Å². The highest BCUT2D eigenvalue weighted by molar-refractivity contribution is 6.31. The fourth-order valence-electron chi connectivity index (χ4n) is 5.14. The van der Waals surface area contributed by atoms with Crippen LogP contribution in [0.2, 0.25) is 5.02 Å². The highest BCUT2D eigenvalue weighted by Crippen LogP contribution is 2.49. The summed E-state index contributed by atoms with van der Waals surface area (Å²) in [5, 5.41) is 13.2. The number of amides is 3. The van der Waals surface area contributed by atoms with Crippen LogP contribution in [0, 0.1) is 10.8 Å². The first-order valence-electron chi connectivity index (χ1n) is 12.1. The number of likely N-dealkylation sites (tertiary alicyclic amines) is 1. The summed E-state index contributed by atoms with van der Waals surface area (Å²) in [7, 11) is 0. The van der Waals surface area contributed by atoms with Crippen LogP contribution in [-0.2, 0) is 19.1 Å². The summed E-state index contributed by atoms with van der Waals surface area (Å²) >= 11 is 6.13. The summed E-state index contributed by atoms with van der Waals surface area (Å²) < 4.78 is 5.36. The second kappa shape index (κ2) is 9.57. The van der Waals surface area contributed by atoms with Gasteiger partial charge >= 0.3 is 12.1 Å². The van der Waals surface area contributed by atoms with E-state index in [2.05, 4.69) is 5.32 Å². The molecule has 10 heteroatoms. The standard InChI is InChI=1S/C26H36ClN3O6/c1-15-26(13-19(31)29(14-26)17-10-8-9-16(27)11-17)12-18(22(33)34)30(15)21(32)20(24(2,3)4)28-23(35)36-25(5,6)7/h8-11,15,18,20H,12-14H2,1-7H3,(H,28,35)(H,33,34)/t15?,18-,20?,26+/m0/s1. The molecule has 1 spiro atoms. The molecule has 9 nitrogen and oxygen atoms in total. The smallest absolute Gasteiger partial charge is 0.408 e. The zero-order valence-corrected chi connectivity index (χ0v) is 22.7. The van der Waals surface area contributed by atoms with Crippen molar-refractivity contribution in [1.29, 1.82) is 0 Å². The SMILES string of the molecule is CC1N(C(=O)C(NC(=O)OC(C)(C)C)C(C)(C)C)[C@H](C(=O)O)C[C@]12CC(=O)N(c1cccc(Cl)c1)C2. The number of ether oxygens (including phenoxy) is 1. The lowest BCUT2D eigenvalue weighted by Crippen LogP contribution is -2.59. The Balaban J connectivity index is 1.93. The first-order chi connectivity index (χ1) is 16.4. The van der Waals surface area contributed by atoms with E-state index in [0.29, 0.717) is 10.7 Å². The van der Waals surface area contributed by atoms with Gasteiger partial charge in [-0.15, -0.1) is 0 Å². The topological polar surface area (TPSA) is 116 Å². The van der Waals surface area contributed by atoms with Gasteiger partial charge in [0.2, 0.25) is 11.8 Å². The highest BCUT2D eigenvalue weighted by Gasteiger charge is 2.60. The number of benzene rings is 1. The molecule has 2 N–H and O–H groups in total. The van der Waals surface area contributed by atoms with E-state index in [1.54, 1.807) is 77.6 Å². The number of carbonyl (C=O) groups excluding carboxylic acids is 3.